The largest absolute Gasteiger partial charge is 0.497 e. The maximum Gasteiger partial charge on any atom is 0.335 e. The minimum atomic E-state index is -1.02. The Morgan fingerprint density at radius 3 is 2.11 bits per heavy atom. The Morgan fingerprint density at radius 2 is 1.41 bits per heavy atom. The molecule has 0 aliphatic carbocycles. The highest BCUT2D eigenvalue weighted by molar-refractivity contribution is 5.96. The summed E-state index contributed by atoms with van der Waals surface area (Å²) in [5.41, 5.74) is 6.25. The summed E-state index contributed by atoms with van der Waals surface area (Å²) in [6.45, 7) is 0.506. The lowest BCUT2D eigenvalue weighted by atomic mass is 10.1. The summed E-state index contributed by atoms with van der Waals surface area (Å²) >= 11 is 0. The fraction of sp³-hybridized carbons (Fsp3) is 0.122. The Labute approximate surface area is 350 Å². The monoisotopic (exact) mass is 816 g/mol. The number of carbonyl (C=O) groups excluding carboxylic acids is 1. The van der Waals surface area contributed by atoms with E-state index in [0.29, 0.717) is 30.6 Å². The summed E-state index contributed by atoms with van der Waals surface area (Å²) in [7, 11) is 3.27. The molecule has 4 heterocycles. The van der Waals surface area contributed by atoms with E-state index in [4.69, 9.17) is 14.6 Å². The molecule has 0 radical (unpaired) electrons. The molecular weight excluding hydrogens is 779 g/mol. The van der Waals surface area contributed by atoms with Gasteiger partial charge < -0.3 is 19.1 Å². The number of aromatic nitrogens is 3. The predicted octanol–water partition coefficient (Wildman–Crippen LogP) is 7.90. The molecule has 61 heavy (non-hydrogen) atoms. The highest BCUT2D eigenvalue weighted by Gasteiger charge is 2.19. The quantitative estimate of drug-likeness (QED) is 0.156. The number of benzene rings is 4. The molecule has 1 N–H and O–H groups in total. The number of carbonyl (C=O) groups is 2. The van der Waals surface area contributed by atoms with Crippen LogP contribution in [-0.2, 0) is 26.1 Å². The molecule has 0 saturated heterocycles. The third kappa shape index (κ3) is 10.1. The van der Waals surface area contributed by atoms with E-state index in [0.717, 1.165) is 57.1 Å². The number of amides is 1. The molecular formula is C49H38F2N4O6. The Morgan fingerprint density at radius 1 is 0.721 bits per heavy atom. The number of hydrogen-bond donors (Lipinski definition) is 1. The van der Waals surface area contributed by atoms with Crippen molar-refractivity contribution in [2.24, 2.45) is 0 Å². The second-order valence-electron chi connectivity index (χ2n) is 13.9. The molecule has 0 saturated carbocycles. The number of hydrogen-bond acceptors (Lipinski definition) is 5. The van der Waals surface area contributed by atoms with Gasteiger partial charge in [0.25, 0.3) is 5.91 Å². The summed E-state index contributed by atoms with van der Waals surface area (Å²) < 4.78 is 41.8. The number of fused-ring (bicyclic) bond motifs is 2. The van der Waals surface area contributed by atoms with Crippen molar-refractivity contribution >= 4 is 23.5 Å². The van der Waals surface area contributed by atoms with Crippen molar-refractivity contribution in [1.82, 2.24) is 18.4 Å². The van der Waals surface area contributed by atoms with Crippen LogP contribution in [0.25, 0.3) is 11.6 Å². The van der Waals surface area contributed by atoms with E-state index in [1.165, 1.54) is 39.3 Å². The molecule has 1 aliphatic rings. The molecule has 7 aromatic rings. The number of carboxylic acids is 1. The lowest BCUT2D eigenvalue weighted by Gasteiger charge is -2.23. The van der Waals surface area contributed by atoms with Crippen molar-refractivity contribution in [3.63, 3.8) is 0 Å². The summed E-state index contributed by atoms with van der Waals surface area (Å²) in [6, 6.07) is 30.7. The van der Waals surface area contributed by atoms with E-state index in [-0.39, 0.29) is 23.7 Å². The molecule has 3 aromatic heterocycles. The van der Waals surface area contributed by atoms with Gasteiger partial charge in [0.15, 0.2) is 11.6 Å². The predicted molar refractivity (Wildman–Crippen MR) is 227 cm³/mol. The van der Waals surface area contributed by atoms with E-state index < -0.39 is 17.6 Å². The highest BCUT2D eigenvalue weighted by Crippen LogP contribution is 2.20. The van der Waals surface area contributed by atoms with Gasteiger partial charge in [0.05, 0.1) is 31.8 Å². The molecule has 0 bridgehead atoms. The van der Waals surface area contributed by atoms with Gasteiger partial charge >= 0.3 is 11.7 Å². The molecule has 0 fully saturated rings. The van der Waals surface area contributed by atoms with Crippen molar-refractivity contribution in [1.29, 1.82) is 0 Å². The topological polar surface area (TPSA) is 107 Å². The van der Waals surface area contributed by atoms with Crippen molar-refractivity contribution < 1.29 is 33.0 Å². The normalized spacial score (nSPS) is 11.3. The molecule has 12 heteroatoms. The second kappa shape index (κ2) is 18.7. The van der Waals surface area contributed by atoms with Crippen LogP contribution in [0.2, 0.25) is 0 Å². The summed E-state index contributed by atoms with van der Waals surface area (Å²) in [6.07, 6.45) is 10.0. The third-order valence-electron chi connectivity index (χ3n) is 9.71. The summed E-state index contributed by atoms with van der Waals surface area (Å²) in [4.78, 5) is 38.1. The van der Waals surface area contributed by atoms with Gasteiger partial charge in [0.1, 0.15) is 18.2 Å². The van der Waals surface area contributed by atoms with Crippen LogP contribution >= 0.6 is 0 Å². The van der Waals surface area contributed by atoms with Crippen molar-refractivity contribution in [3.05, 3.63) is 201 Å². The molecule has 8 rings (SSSR count). The Kier molecular flexibility index (Phi) is 12.6. The molecule has 1 amide bonds. The first-order chi connectivity index (χ1) is 29.6. The van der Waals surface area contributed by atoms with Crippen LogP contribution < -0.4 is 15.2 Å². The number of ether oxygens (including phenoxy) is 2. The zero-order valence-corrected chi connectivity index (χ0v) is 33.1. The maximum atomic E-state index is 13.4. The van der Waals surface area contributed by atoms with Crippen molar-refractivity contribution in [2.45, 2.75) is 26.1 Å². The fourth-order valence-electron chi connectivity index (χ4n) is 6.48. The fourth-order valence-corrected chi connectivity index (χ4v) is 6.48. The van der Waals surface area contributed by atoms with Crippen LogP contribution in [0.15, 0.2) is 139 Å². The van der Waals surface area contributed by atoms with Crippen LogP contribution in [0.4, 0.5) is 8.78 Å². The van der Waals surface area contributed by atoms with E-state index in [9.17, 15) is 23.2 Å². The third-order valence-corrected chi connectivity index (χ3v) is 9.71. The van der Waals surface area contributed by atoms with Gasteiger partial charge in [-0.05, 0) is 102 Å². The Hall–Kier alpha value is -8.09. The van der Waals surface area contributed by atoms with E-state index in [1.807, 2.05) is 77.5 Å². The average Bonchev–Trinajstić information content (AvgIpc) is 3.90. The second-order valence-corrected chi connectivity index (χ2v) is 13.9. The molecule has 304 valence electrons. The number of aromatic carboxylic acids is 1. The van der Waals surface area contributed by atoms with E-state index in [1.54, 1.807) is 43.8 Å². The van der Waals surface area contributed by atoms with Gasteiger partial charge in [-0.2, -0.15) is 0 Å². The van der Waals surface area contributed by atoms with Crippen molar-refractivity contribution in [2.75, 3.05) is 14.2 Å². The first-order valence-corrected chi connectivity index (χ1v) is 19.0. The zero-order chi connectivity index (χ0) is 42.9. The zero-order valence-electron chi connectivity index (χ0n) is 33.1. The number of carboxylic acid groups (broad SMARTS) is 1. The van der Waals surface area contributed by atoms with Crippen LogP contribution in [0.3, 0.4) is 0 Å². The smallest absolute Gasteiger partial charge is 0.335 e. The summed E-state index contributed by atoms with van der Waals surface area (Å²) in [5, 5.41) is 9.00. The number of nitrogens with zero attached hydrogens (tertiary/aromatic N) is 4. The maximum absolute atomic E-state index is 13.4. The van der Waals surface area contributed by atoms with Gasteiger partial charge in [-0.15, -0.1) is 0 Å². The molecule has 1 aliphatic heterocycles. The Bertz CT molecular complexity index is 2960. The minimum absolute atomic E-state index is 0.142. The van der Waals surface area contributed by atoms with Crippen molar-refractivity contribution in [3.8, 4) is 35.2 Å². The lowest BCUT2D eigenvalue weighted by molar-refractivity contribution is 0.0694. The average molecular weight is 817 g/mol. The number of methoxy groups -OCH3 is 2. The SMILES string of the molecule is COc1ccc(CC#Cc2cc3ccn(Cc4ccc(F)c(F)c4)c(=O)n3c2)cc1.COc1cccc(CC#Cc2cc3n(c2)CN(C(=O)c2ccc(C(=O)O)cc2)C=C3)c1. The van der Waals surface area contributed by atoms with E-state index in [2.05, 4.69) is 23.7 Å². The van der Waals surface area contributed by atoms with Crippen LogP contribution in [-0.4, -0.2) is 49.6 Å². The van der Waals surface area contributed by atoms with Gasteiger partial charge in [-0.1, -0.05) is 54.0 Å². The van der Waals surface area contributed by atoms with Gasteiger partial charge in [0, 0.05) is 60.0 Å². The Balaban J connectivity index is 0.000000184. The summed E-state index contributed by atoms with van der Waals surface area (Å²) in [5.74, 6) is 11.1. The number of halogens is 2. The highest BCUT2D eigenvalue weighted by atomic mass is 19.2. The van der Waals surface area contributed by atoms with Gasteiger partial charge in [-0.3, -0.25) is 18.7 Å². The molecule has 0 spiro atoms. The molecule has 0 unspecified atom stereocenters. The van der Waals surface area contributed by atoms with Gasteiger partial charge in [0.2, 0.25) is 0 Å². The molecule has 4 aromatic carbocycles. The lowest BCUT2D eigenvalue weighted by Crippen LogP contribution is -2.30. The standard InChI is InChI=1S/C25H20N2O4.C24H18F2N2O2/c1-31-23-7-3-5-18(15-23)4-2-6-19-14-22-12-13-26(17-27(22)16-19)24(28)20-8-10-21(11-9-20)25(29)30;1-30-21-8-5-17(6-9-21)3-2-4-18-13-20-11-12-27(24(29)28(20)16-18)15-19-7-10-22(25)23(26)14-19/h3,5,7-16H,4,17H2,1H3,(H,29,30);5-14,16H,3,15H2,1H3. The van der Waals surface area contributed by atoms with Crippen LogP contribution in [0, 0.1) is 35.3 Å². The van der Waals surface area contributed by atoms with E-state index >= 15 is 0 Å². The molecule has 0 atom stereocenters. The van der Waals surface area contributed by atoms with Gasteiger partial charge in [-0.25, -0.2) is 18.4 Å². The number of rotatable bonds is 8. The minimum Gasteiger partial charge on any atom is -0.497 e. The first-order valence-electron chi connectivity index (χ1n) is 19.0. The first kappa shape index (κ1) is 41.1. The molecule has 10 nitrogen and oxygen atoms in total. The van der Waals surface area contributed by atoms with Crippen LogP contribution in [0.5, 0.6) is 11.5 Å². The van der Waals surface area contributed by atoms with Crippen LogP contribution in [0.1, 0.15) is 54.2 Å².